The highest BCUT2D eigenvalue weighted by molar-refractivity contribution is 5.74. The summed E-state index contributed by atoms with van der Waals surface area (Å²) in [5.41, 5.74) is -0.454. The molecule has 2 heterocycles. The maximum atomic E-state index is 11.5. The maximum Gasteiger partial charge on any atom is 0.309 e. The first-order valence-electron chi connectivity index (χ1n) is 7.92. The van der Waals surface area contributed by atoms with Crippen LogP contribution in [0.1, 0.15) is 32.6 Å². The fourth-order valence-corrected chi connectivity index (χ4v) is 3.36. The van der Waals surface area contributed by atoms with Crippen molar-refractivity contribution in [2.24, 2.45) is 5.41 Å². The Morgan fingerprint density at radius 3 is 2.15 bits per heavy atom. The summed E-state index contributed by atoms with van der Waals surface area (Å²) in [6, 6.07) is 0. The number of aliphatic carboxylic acids is 1. The van der Waals surface area contributed by atoms with Gasteiger partial charge in [-0.15, -0.1) is 0 Å². The van der Waals surface area contributed by atoms with E-state index in [0.717, 1.165) is 78.2 Å². The van der Waals surface area contributed by atoms with Crippen molar-refractivity contribution in [3.63, 3.8) is 0 Å². The van der Waals surface area contributed by atoms with Gasteiger partial charge in [-0.1, -0.05) is 13.3 Å². The van der Waals surface area contributed by atoms with Crippen LogP contribution in [0.5, 0.6) is 0 Å². The topological polar surface area (TPSA) is 53.0 Å². The molecule has 2 aliphatic rings. The average Bonchev–Trinajstić information content (AvgIpc) is 2.48. The molecule has 5 heteroatoms. The Labute approximate surface area is 121 Å². The van der Waals surface area contributed by atoms with Crippen LogP contribution in [0.15, 0.2) is 0 Å². The lowest BCUT2D eigenvalue weighted by Crippen LogP contribution is -2.47. The first-order chi connectivity index (χ1) is 9.66. The van der Waals surface area contributed by atoms with Gasteiger partial charge in [0.2, 0.25) is 0 Å². The van der Waals surface area contributed by atoms with Crippen molar-refractivity contribution in [3.8, 4) is 0 Å². The van der Waals surface area contributed by atoms with Crippen LogP contribution in [0.3, 0.4) is 0 Å². The normalized spacial score (nSPS) is 24.6. The standard InChI is InChI=1S/C15H28N2O3/c1-2-3-15(14(18)19)4-6-16(7-5-15)8-9-17-10-12-20-13-11-17/h2-13H2,1H3,(H,18,19). The molecule has 0 radical (unpaired) electrons. The minimum atomic E-state index is -0.591. The van der Waals surface area contributed by atoms with E-state index in [2.05, 4.69) is 16.7 Å². The highest BCUT2D eigenvalue weighted by Crippen LogP contribution is 2.36. The third-order valence-electron chi connectivity index (χ3n) is 4.83. The molecule has 2 saturated heterocycles. The molecule has 116 valence electrons. The molecule has 0 saturated carbocycles. The zero-order valence-corrected chi connectivity index (χ0v) is 12.6. The molecular formula is C15H28N2O3. The largest absolute Gasteiger partial charge is 0.481 e. The van der Waals surface area contributed by atoms with Crippen LogP contribution in [-0.4, -0.2) is 73.4 Å². The number of carboxylic acids is 1. The second-order valence-corrected chi connectivity index (χ2v) is 6.13. The van der Waals surface area contributed by atoms with Gasteiger partial charge in [0.25, 0.3) is 0 Å². The number of hydrogen-bond donors (Lipinski definition) is 1. The van der Waals surface area contributed by atoms with Crippen molar-refractivity contribution in [3.05, 3.63) is 0 Å². The second-order valence-electron chi connectivity index (χ2n) is 6.13. The third-order valence-corrected chi connectivity index (χ3v) is 4.83. The van der Waals surface area contributed by atoms with E-state index in [-0.39, 0.29) is 0 Å². The number of rotatable bonds is 6. The van der Waals surface area contributed by atoms with E-state index in [9.17, 15) is 9.90 Å². The smallest absolute Gasteiger partial charge is 0.309 e. The number of ether oxygens (including phenoxy) is 1. The van der Waals surface area contributed by atoms with Gasteiger partial charge in [0.1, 0.15) is 0 Å². The molecular weight excluding hydrogens is 256 g/mol. The molecule has 0 atom stereocenters. The number of morpholine rings is 1. The van der Waals surface area contributed by atoms with Gasteiger partial charge in [-0.2, -0.15) is 0 Å². The van der Waals surface area contributed by atoms with Gasteiger partial charge < -0.3 is 14.7 Å². The van der Waals surface area contributed by atoms with Gasteiger partial charge >= 0.3 is 5.97 Å². The van der Waals surface area contributed by atoms with Crippen molar-refractivity contribution < 1.29 is 14.6 Å². The Morgan fingerprint density at radius 2 is 1.65 bits per heavy atom. The van der Waals surface area contributed by atoms with Crippen molar-refractivity contribution in [2.45, 2.75) is 32.6 Å². The fraction of sp³-hybridized carbons (Fsp3) is 0.933. The van der Waals surface area contributed by atoms with Crippen LogP contribution >= 0.6 is 0 Å². The van der Waals surface area contributed by atoms with Crippen molar-refractivity contribution in [2.75, 3.05) is 52.5 Å². The number of hydrogen-bond acceptors (Lipinski definition) is 4. The third kappa shape index (κ3) is 3.93. The molecule has 0 bridgehead atoms. The van der Waals surface area contributed by atoms with Crippen molar-refractivity contribution in [1.29, 1.82) is 0 Å². The van der Waals surface area contributed by atoms with Gasteiger partial charge in [0, 0.05) is 26.2 Å². The number of carbonyl (C=O) groups is 1. The minimum Gasteiger partial charge on any atom is -0.481 e. The lowest BCUT2D eigenvalue weighted by molar-refractivity contribution is -0.152. The highest BCUT2D eigenvalue weighted by Gasteiger charge is 2.40. The van der Waals surface area contributed by atoms with Gasteiger partial charge in [-0.3, -0.25) is 9.69 Å². The molecule has 2 fully saturated rings. The van der Waals surface area contributed by atoms with Crippen LogP contribution in [0.2, 0.25) is 0 Å². The molecule has 2 rings (SSSR count). The number of nitrogens with zero attached hydrogens (tertiary/aromatic N) is 2. The summed E-state index contributed by atoms with van der Waals surface area (Å²) in [5, 5.41) is 9.50. The van der Waals surface area contributed by atoms with Crippen LogP contribution < -0.4 is 0 Å². The predicted octanol–water partition coefficient (Wildman–Crippen LogP) is 1.29. The number of carboxylic acid groups (broad SMARTS) is 1. The summed E-state index contributed by atoms with van der Waals surface area (Å²) in [4.78, 5) is 16.4. The molecule has 5 nitrogen and oxygen atoms in total. The van der Waals surface area contributed by atoms with E-state index in [1.165, 1.54) is 0 Å². The lowest BCUT2D eigenvalue weighted by Gasteiger charge is -2.39. The van der Waals surface area contributed by atoms with Gasteiger partial charge in [-0.25, -0.2) is 0 Å². The average molecular weight is 284 g/mol. The summed E-state index contributed by atoms with van der Waals surface area (Å²) in [6.07, 6.45) is 3.39. The Bertz CT molecular complexity index is 308. The molecule has 0 aromatic carbocycles. The minimum absolute atomic E-state index is 0.454. The maximum absolute atomic E-state index is 11.5. The Morgan fingerprint density at radius 1 is 1.10 bits per heavy atom. The predicted molar refractivity (Wildman–Crippen MR) is 77.9 cm³/mol. The summed E-state index contributed by atoms with van der Waals surface area (Å²) in [5.74, 6) is -0.591. The van der Waals surface area contributed by atoms with E-state index >= 15 is 0 Å². The lowest BCUT2D eigenvalue weighted by atomic mass is 9.75. The zero-order chi connectivity index (χ0) is 14.4. The monoisotopic (exact) mass is 284 g/mol. The van der Waals surface area contributed by atoms with Crippen LogP contribution in [0, 0.1) is 5.41 Å². The van der Waals surface area contributed by atoms with Gasteiger partial charge in [0.15, 0.2) is 0 Å². The first kappa shape index (κ1) is 15.7. The van der Waals surface area contributed by atoms with Crippen LogP contribution in [0.4, 0.5) is 0 Å². The molecule has 0 aliphatic carbocycles. The molecule has 20 heavy (non-hydrogen) atoms. The van der Waals surface area contributed by atoms with E-state index in [1.54, 1.807) is 0 Å². The summed E-state index contributed by atoms with van der Waals surface area (Å²) in [7, 11) is 0. The van der Waals surface area contributed by atoms with Crippen LogP contribution in [-0.2, 0) is 9.53 Å². The molecule has 0 amide bonds. The molecule has 0 aromatic heterocycles. The van der Waals surface area contributed by atoms with E-state index in [0.29, 0.717) is 0 Å². The Balaban J connectivity index is 1.74. The van der Waals surface area contributed by atoms with E-state index < -0.39 is 11.4 Å². The molecule has 1 N–H and O–H groups in total. The summed E-state index contributed by atoms with van der Waals surface area (Å²) >= 11 is 0. The first-order valence-corrected chi connectivity index (χ1v) is 7.92. The molecule has 0 aromatic rings. The van der Waals surface area contributed by atoms with Crippen LogP contribution in [0.25, 0.3) is 0 Å². The van der Waals surface area contributed by atoms with Crippen molar-refractivity contribution >= 4 is 5.97 Å². The van der Waals surface area contributed by atoms with Gasteiger partial charge in [-0.05, 0) is 32.4 Å². The fourth-order valence-electron chi connectivity index (χ4n) is 3.36. The SMILES string of the molecule is CCCC1(C(=O)O)CCN(CCN2CCOCC2)CC1. The Hall–Kier alpha value is -0.650. The Kier molecular flexibility index (Phi) is 5.81. The van der Waals surface area contributed by atoms with Crippen molar-refractivity contribution in [1.82, 2.24) is 9.80 Å². The molecule has 0 unspecified atom stereocenters. The quantitative estimate of drug-likeness (QED) is 0.796. The zero-order valence-electron chi connectivity index (χ0n) is 12.6. The molecule has 0 spiro atoms. The number of piperidine rings is 1. The second kappa shape index (κ2) is 7.38. The van der Waals surface area contributed by atoms with E-state index in [1.807, 2.05) is 0 Å². The van der Waals surface area contributed by atoms with Gasteiger partial charge in [0.05, 0.1) is 18.6 Å². The highest BCUT2D eigenvalue weighted by atomic mass is 16.5. The van der Waals surface area contributed by atoms with E-state index in [4.69, 9.17) is 4.74 Å². The summed E-state index contributed by atoms with van der Waals surface area (Å²) in [6.45, 7) is 9.82. The summed E-state index contributed by atoms with van der Waals surface area (Å²) < 4.78 is 5.35. The number of likely N-dealkylation sites (tertiary alicyclic amines) is 1. The molecule has 2 aliphatic heterocycles.